The first-order valence-corrected chi connectivity index (χ1v) is 12.7. The highest BCUT2D eigenvalue weighted by Crippen LogP contribution is 2.22. The molecule has 0 N–H and O–H groups in total. The van der Waals surface area contributed by atoms with E-state index in [-0.39, 0.29) is 11.7 Å². The van der Waals surface area contributed by atoms with Gasteiger partial charge in [0.05, 0.1) is 12.3 Å². The maximum atomic E-state index is 14.1. The molecule has 186 valence electrons. The van der Waals surface area contributed by atoms with E-state index < -0.39 is 0 Å². The molecule has 0 bridgehead atoms. The topological polar surface area (TPSA) is 61.8 Å². The van der Waals surface area contributed by atoms with Crippen molar-refractivity contribution < 1.29 is 13.9 Å². The molecule has 1 aliphatic rings. The second kappa shape index (κ2) is 12.1. The fraction of sp³-hybridized carbons (Fsp3) is 0.423. The van der Waals surface area contributed by atoms with Crippen LogP contribution in [-0.2, 0) is 16.0 Å². The molecule has 35 heavy (non-hydrogen) atoms. The Morgan fingerprint density at radius 1 is 1.09 bits per heavy atom. The van der Waals surface area contributed by atoms with Crippen LogP contribution in [0, 0.1) is 12.7 Å². The number of aromatic nitrogens is 2. The van der Waals surface area contributed by atoms with E-state index in [1.165, 1.54) is 28.7 Å². The molecular weight excluding hydrogens is 465 g/mol. The molecule has 0 atom stereocenters. The highest BCUT2D eigenvalue weighted by atomic mass is 32.1. The van der Waals surface area contributed by atoms with Gasteiger partial charge in [0.15, 0.2) is 0 Å². The van der Waals surface area contributed by atoms with Crippen LogP contribution in [0.5, 0.6) is 0 Å². The number of hydrogen-bond acceptors (Lipinski definition) is 7. The minimum atomic E-state index is -0.222. The molecule has 0 aliphatic carbocycles. The summed E-state index contributed by atoms with van der Waals surface area (Å²) in [5, 5.41) is 0.807. The summed E-state index contributed by atoms with van der Waals surface area (Å²) in [6.07, 6.45) is 1.07. The van der Waals surface area contributed by atoms with Crippen molar-refractivity contribution in [3.05, 3.63) is 71.3 Å². The van der Waals surface area contributed by atoms with E-state index in [1.807, 2.05) is 15.9 Å². The minimum Gasteiger partial charge on any atom is -0.383 e. The molecule has 0 spiro atoms. The number of piperazine rings is 1. The number of methoxy groups -OCH3 is 1. The summed E-state index contributed by atoms with van der Waals surface area (Å²) in [5.41, 5.74) is 3.00. The van der Waals surface area contributed by atoms with Gasteiger partial charge in [-0.05, 0) is 24.6 Å². The van der Waals surface area contributed by atoms with Crippen molar-refractivity contribution in [2.45, 2.75) is 19.8 Å². The zero-order valence-corrected chi connectivity index (χ0v) is 21.1. The van der Waals surface area contributed by atoms with Gasteiger partial charge < -0.3 is 19.4 Å². The van der Waals surface area contributed by atoms with Gasteiger partial charge in [0.1, 0.15) is 11.6 Å². The monoisotopic (exact) mass is 497 g/mol. The number of aryl methyl sites for hydroxylation is 1. The summed E-state index contributed by atoms with van der Waals surface area (Å²) in [6.45, 7) is 6.23. The number of carbonyl (C=O) groups is 1. The largest absolute Gasteiger partial charge is 0.383 e. The first-order chi connectivity index (χ1) is 17.0. The molecule has 2 aromatic carbocycles. The third-order valence-electron chi connectivity index (χ3n) is 6.20. The molecule has 1 aromatic heterocycles. The van der Waals surface area contributed by atoms with E-state index in [2.05, 4.69) is 40.5 Å². The average Bonchev–Trinajstić information content (AvgIpc) is 3.34. The van der Waals surface area contributed by atoms with Crippen molar-refractivity contribution in [1.29, 1.82) is 0 Å². The second-order valence-electron chi connectivity index (χ2n) is 8.70. The van der Waals surface area contributed by atoms with Gasteiger partial charge in [-0.25, -0.2) is 9.37 Å². The molecule has 4 rings (SSSR count). The maximum Gasteiger partial charge on any atom is 0.224 e. The summed E-state index contributed by atoms with van der Waals surface area (Å²) in [4.78, 5) is 23.6. The van der Waals surface area contributed by atoms with Gasteiger partial charge >= 0.3 is 0 Å². The van der Waals surface area contributed by atoms with Crippen LogP contribution in [0.1, 0.15) is 23.4 Å². The summed E-state index contributed by atoms with van der Waals surface area (Å²) < 4.78 is 23.9. The minimum absolute atomic E-state index is 0.102. The van der Waals surface area contributed by atoms with E-state index in [0.717, 1.165) is 11.0 Å². The molecule has 1 amide bonds. The highest BCUT2D eigenvalue weighted by Gasteiger charge is 2.23. The molecule has 0 saturated carbocycles. The Hall–Kier alpha value is -3.04. The predicted octanol–water partition coefficient (Wildman–Crippen LogP) is 3.77. The Morgan fingerprint density at radius 3 is 2.54 bits per heavy atom. The van der Waals surface area contributed by atoms with Gasteiger partial charge in [-0.1, -0.05) is 42.0 Å². The lowest BCUT2D eigenvalue weighted by atomic mass is 10.1. The molecule has 9 heteroatoms. The van der Waals surface area contributed by atoms with Crippen LogP contribution in [0.15, 0.2) is 48.5 Å². The highest BCUT2D eigenvalue weighted by molar-refractivity contribution is 7.09. The van der Waals surface area contributed by atoms with Crippen LogP contribution in [0.4, 0.5) is 15.2 Å². The van der Waals surface area contributed by atoms with Crippen molar-refractivity contribution in [3.63, 3.8) is 0 Å². The van der Waals surface area contributed by atoms with Gasteiger partial charge in [-0.15, -0.1) is 0 Å². The Kier molecular flexibility index (Phi) is 8.65. The van der Waals surface area contributed by atoms with E-state index in [9.17, 15) is 9.18 Å². The lowest BCUT2D eigenvalue weighted by molar-refractivity contribution is -0.131. The summed E-state index contributed by atoms with van der Waals surface area (Å²) in [5.74, 6) is 0.664. The van der Waals surface area contributed by atoms with Crippen LogP contribution >= 0.6 is 11.5 Å². The fourth-order valence-electron chi connectivity index (χ4n) is 4.13. The van der Waals surface area contributed by atoms with Crippen LogP contribution in [0.25, 0.3) is 0 Å². The molecule has 1 saturated heterocycles. The predicted molar refractivity (Wildman–Crippen MR) is 138 cm³/mol. The van der Waals surface area contributed by atoms with Gasteiger partial charge in [0.25, 0.3) is 0 Å². The standard InChI is InChI=1S/C26H32FN5O2S/c1-20-7-9-21(10-8-20)19-24-28-26(35-29-24)32(17-18-34-2)12-11-25(33)31-15-13-30(14-16-31)23-6-4-3-5-22(23)27/h3-10H,11-19H2,1-2H3. The number of carbonyl (C=O) groups excluding carboxylic acids is 1. The van der Waals surface area contributed by atoms with Crippen molar-refractivity contribution in [1.82, 2.24) is 14.3 Å². The Balaban J connectivity index is 1.31. The Labute approximate surface area is 210 Å². The summed E-state index contributed by atoms with van der Waals surface area (Å²) >= 11 is 1.36. The number of nitrogens with zero attached hydrogens (tertiary/aromatic N) is 5. The van der Waals surface area contributed by atoms with Crippen molar-refractivity contribution in [3.8, 4) is 0 Å². The first-order valence-electron chi connectivity index (χ1n) is 11.9. The molecular formula is C26H32FN5O2S. The molecule has 1 fully saturated rings. The molecule has 3 aromatic rings. The third-order valence-corrected chi connectivity index (χ3v) is 7.01. The molecule has 0 radical (unpaired) electrons. The van der Waals surface area contributed by atoms with Gasteiger partial charge in [-0.2, -0.15) is 4.37 Å². The van der Waals surface area contributed by atoms with Crippen LogP contribution in [0.3, 0.4) is 0 Å². The Bertz CT molecular complexity index is 1100. The second-order valence-corrected chi connectivity index (χ2v) is 9.43. The van der Waals surface area contributed by atoms with Gasteiger partial charge in [0, 0.05) is 70.8 Å². The number of ether oxygens (including phenoxy) is 1. The number of hydrogen-bond donors (Lipinski definition) is 0. The number of amides is 1. The van der Waals surface area contributed by atoms with Gasteiger partial charge in [0.2, 0.25) is 11.0 Å². The zero-order valence-electron chi connectivity index (χ0n) is 20.3. The van der Waals surface area contributed by atoms with E-state index in [4.69, 9.17) is 9.72 Å². The zero-order chi connectivity index (χ0) is 24.6. The number of para-hydroxylation sites is 1. The van der Waals surface area contributed by atoms with Gasteiger partial charge in [-0.3, -0.25) is 4.79 Å². The fourth-order valence-corrected chi connectivity index (χ4v) is 4.87. The maximum absolute atomic E-state index is 14.1. The number of anilines is 2. The van der Waals surface area contributed by atoms with E-state index in [0.29, 0.717) is 64.4 Å². The molecule has 0 unspecified atom stereocenters. The van der Waals surface area contributed by atoms with Crippen LogP contribution in [0.2, 0.25) is 0 Å². The van der Waals surface area contributed by atoms with Crippen LogP contribution < -0.4 is 9.80 Å². The van der Waals surface area contributed by atoms with Crippen LogP contribution in [-0.4, -0.2) is 73.1 Å². The first kappa shape index (κ1) is 25.1. The summed E-state index contributed by atoms with van der Waals surface area (Å²) in [6, 6.07) is 15.2. The van der Waals surface area contributed by atoms with E-state index in [1.54, 1.807) is 19.2 Å². The molecule has 1 aliphatic heterocycles. The van der Waals surface area contributed by atoms with Crippen molar-refractivity contribution in [2.75, 3.05) is 62.8 Å². The number of benzene rings is 2. The normalized spacial score (nSPS) is 13.8. The Morgan fingerprint density at radius 2 is 1.83 bits per heavy atom. The number of halogens is 1. The lowest BCUT2D eigenvalue weighted by Gasteiger charge is -2.36. The quantitative estimate of drug-likeness (QED) is 0.425. The average molecular weight is 498 g/mol. The summed E-state index contributed by atoms with van der Waals surface area (Å²) in [7, 11) is 1.67. The molecule has 7 nitrogen and oxygen atoms in total. The third kappa shape index (κ3) is 6.76. The lowest BCUT2D eigenvalue weighted by Crippen LogP contribution is -2.49. The SMILES string of the molecule is COCCN(CCC(=O)N1CCN(c2ccccc2F)CC1)c1nc(Cc2ccc(C)cc2)ns1. The van der Waals surface area contributed by atoms with E-state index >= 15 is 0 Å². The van der Waals surface area contributed by atoms with Crippen molar-refractivity contribution in [2.24, 2.45) is 0 Å². The molecule has 2 heterocycles. The smallest absolute Gasteiger partial charge is 0.224 e. The number of rotatable bonds is 10. The van der Waals surface area contributed by atoms with Crippen molar-refractivity contribution >= 4 is 28.3 Å².